The summed E-state index contributed by atoms with van der Waals surface area (Å²) in [6.07, 6.45) is 0. The summed E-state index contributed by atoms with van der Waals surface area (Å²) in [5.41, 5.74) is 2.87. The molecule has 0 unspecified atom stereocenters. The molecule has 0 heterocycles. The zero-order valence-corrected chi connectivity index (χ0v) is 12.5. The van der Waals surface area contributed by atoms with Crippen molar-refractivity contribution >= 4 is 5.97 Å². The third-order valence-electron chi connectivity index (χ3n) is 3.56. The van der Waals surface area contributed by atoms with E-state index in [0.29, 0.717) is 12.4 Å². The maximum atomic E-state index is 11.5. The van der Waals surface area contributed by atoms with Crippen LogP contribution in [-0.2, 0) is 6.61 Å². The maximum Gasteiger partial charge on any atom is 0.339 e. The predicted octanol–water partition coefficient (Wildman–Crippen LogP) is 4.63. The van der Waals surface area contributed by atoms with Gasteiger partial charge in [-0.1, -0.05) is 72.8 Å². The Bertz CT molecular complexity index is 796. The van der Waals surface area contributed by atoms with Gasteiger partial charge >= 0.3 is 5.97 Å². The van der Waals surface area contributed by atoms with E-state index in [0.717, 1.165) is 16.7 Å². The van der Waals surface area contributed by atoms with Gasteiger partial charge in [-0.3, -0.25) is 0 Å². The molecular weight excluding hydrogens is 288 g/mol. The van der Waals surface area contributed by atoms with Gasteiger partial charge in [-0.25, -0.2) is 4.79 Å². The highest BCUT2D eigenvalue weighted by Gasteiger charge is 2.16. The Hall–Kier alpha value is -3.07. The third kappa shape index (κ3) is 3.40. The summed E-state index contributed by atoms with van der Waals surface area (Å²) < 4.78 is 5.89. The Morgan fingerprint density at radius 2 is 1.48 bits per heavy atom. The number of hydrogen-bond donors (Lipinski definition) is 1. The second-order valence-electron chi connectivity index (χ2n) is 5.13. The lowest BCUT2D eigenvalue weighted by atomic mass is 10.0. The van der Waals surface area contributed by atoms with Gasteiger partial charge in [0.2, 0.25) is 0 Å². The van der Waals surface area contributed by atoms with Gasteiger partial charge in [-0.15, -0.1) is 0 Å². The fraction of sp³-hybridized carbons (Fsp3) is 0.0500. The Morgan fingerprint density at radius 1 is 0.826 bits per heavy atom. The van der Waals surface area contributed by atoms with E-state index in [1.165, 1.54) is 0 Å². The Kier molecular flexibility index (Phi) is 4.39. The monoisotopic (exact) mass is 304 g/mol. The van der Waals surface area contributed by atoms with E-state index >= 15 is 0 Å². The van der Waals surface area contributed by atoms with Crippen LogP contribution in [0.2, 0.25) is 0 Å². The molecule has 1 N–H and O–H groups in total. The molecule has 0 saturated heterocycles. The van der Waals surface area contributed by atoms with Gasteiger partial charge in [0, 0.05) is 5.56 Å². The van der Waals surface area contributed by atoms with Crippen molar-refractivity contribution in [3.63, 3.8) is 0 Å². The van der Waals surface area contributed by atoms with Crippen LogP contribution in [0.1, 0.15) is 15.9 Å². The SMILES string of the molecule is O=C(O)c1cccc(-c2ccccc2)c1OCc1ccccc1. The second-order valence-corrected chi connectivity index (χ2v) is 5.13. The molecule has 0 amide bonds. The number of rotatable bonds is 5. The van der Waals surface area contributed by atoms with Crippen LogP contribution in [-0.4, -0.2) is 11.1 Å². The topological polar surface area (TPSA) is 46.5 Å². The van der Waals surface area contributed by atoms with E-state index in [1.807, 2.05) is 66.7 Å². The highest BCUT2D eigenvalue weighted by molar-refractivity contribution is 5.94. The third-order valence-corrected chi connectivity index (χ3v) is 3.56. The number of benzene rings is 3. The molecule has 0 aliphatic heterocycles. The normalized spacial score (nSPS) is 10.3. The molecule has 0 aromatic heterocycles. The summed E-state index contributed by atoms with van der Waals surface area (Å²) in [5, 5.41) is 9.45. The molecule has 3 aromatic rings. The van der Waals surface area contributed by atoms with Crippen LogP contribution in [0.4, 0.5) is 0 Å². The average molecular weight is 304 g/mol. The lowest BCUT2D eigenvalue weighted by Crippen LogP contribution is -2.05. The summed E-state index contributed by atoms with van der Waals surface area (Å²) in [5.74, 6) is -0.596. The summed E-state index contributed by atoms with van der Waals surface area (Å²) in [6.45, 7) is 0.324. The second kappa shape index (κ2) is 6.79. The van der Waals surface area contributed by atoms with Crippen molar-refractivity contribution in [2.24, 2.45) is 0 Å². The molecule has 0 fully saturated rings. The minimum absolute atomic E-state index is 0.169. The van der Waals surface area contributed by atoms with Gasteiger partial charge in [0.1, 0.15) is 17.9 Å². The van der Waals surface area contributed by atoms with E-state index in [9.17, 15) is 9.90 Å². The molecule has 3 heteroatoms. The number of ether oxygens (including phenoxy) is 1. The Labute approximate surface area is 134 Å². The van der Waals surface area contributed by atoms with Gasteiger partial charge in [0.15, 0.2) is 0 Å². The highest BCUT2D eigenvalue weighted by atomic mass is 16.5. The summed E-state index contributed by atoms with van der Waals surface area (Å²) in [7, 11) is 0. The van der Waals surface area contributed by atoms with Crippen molar-refractivity contribution in [3.8, 4) is 16.9 Å². The first kappa shape index (κ1) is 14.9. The lowest BCUT2D eigenvalue weighted by Gasteiger charge is -2.14. The van der Waals surface area contributed by atoms with Crippen LogP contribution < -0.4 is 4.74 Å². The minimum atomic E-state index is -0.995. The number of carboxylic acid groups (broad SMARTS) is 1. The molecule has 0 saturated carbocycles. The van der Waals surface area contributed by atoms with Crippen LogP contribution in [0, 0.1) is 0 Å². The van der Waals surface area contributed by atoms with Gasteiger partial charge in [0.05, 0.1) is 0 Å². The van der Waals surface area contributed by atoms with Crippen LogP contribution >= 0.6 is 0 Å². The molecular formula is C20H16O3. The van der Waals surface area contributed by atoms with Gasteiger partial charge < -0.3 is 9.84 Å². The summed E-state index contributed by atoms with van der Waals surface area (Å²) >= 11 is 0. The standard InChI is InChI=1S/C20H16O3/c21-20(22)18-13-7-12-17(16-10-5-2-6-11-16)19(18)23-14-15-8-3-1-4-9-15/h1-13H,14H2,(H,21,22). The maximum absolute atomic E-state index is 11.5. The number of carbonyl (C=O) groups is 1. The van der Waals surface area contributed by atoms with Crippen LogP contribution in [0.3, 0.4) is 0 Å². The Balaban J connectivity index is 2.00. The predicted molar refractivity (Wildman–Crippen MR) is 89.6 cm³/mol. The fourth-order valence-corrected chi connectivity index (χ4v) is 2.44. The molecule has 23 heavy (non-hydrogen) atoms. The number of aromatic carboxylic acids is 1. The molecule has 114 valence electrons. The smallest absolute Gasteiger partial charge is 0.339 e. The molecule has 3 aromatic carbocycles. The molecule has 0 radical (unpaired) electrons. The average Bonchev–Trinajstić information content (AvgIpc) is 2.61. The zero-order valence-electron chi connectivity index (χ0n) is 12.5. The van der Waals surface area contributed by atoms with E-state index in [1.54, 1.807) is 12.1 Å². The Morgan fingerprint density at radius 3 is 2.13 bits per heavy atom. The molecule has 0 bridgehead atoms. The largest absolute Gasteiger partial charge is 0.487 e. The van der Waals surface area contributed by atoms with Crippen LogP contribution in [0.5, 0.6) is 5.75 Å². The summed E-state index contributed by atoms with van der Waals surface area (Å²) in [6, 6.07) is 24.5. The van der Waals surface area contributed by atoms with Crippen molar-refractivity contribution in [3.05, 3.63) is 90.0 Å². The van der Waals surface area contributed by atoms with E-state index < -0.39 is 5.97 Å². The van der Waals surface area contributed by atoms with Gasteiger partial charge in [0.25, 0.3) is 0 Å². The van der Waals surface area contributed by atoms with E-state index in [4.69, 9.17) is 4.74 Å². The number of carboxylic acids is 1. The molecule has 3 nitrogen and oxygen atoms in total. The van der Waals surface area contributed by atoms with Crippen LogP contribution in [0.15, 0.2) is 78.9 Å². The first-order valence-electron chi connectivity index (χ1n) is 7.34. The molecule has 0 aliphatic carbocycles. The molecule has 0 atom stereocenters. The van der Waals surface area contributed by atoms with E-state index in [-0.39, 0.29) is 5.56 Å². The lowest BCUT2D eigenvalue weighted by molar-refractivity contribution is 0.0692. The van der Waals surface area contributed by atoms with Crippen LogP contribution in [0.25, 0.3) is 11.1 Å². The number of hydrogen-bond acceptors (Lipinski definition) is 2. The quantitative estimate of drug-likeness (QED) is 0.747. The first-order chi connectivity index (χ1) is 11.3. The molecule has 0 spiro atoms. The van der Waals surface area contributed by atoms with Gasteiger partial charge in [-0.2, -0.15) is 0 Å². The summed E-state index contributed by atoms with van der Waals surface area (Å²) in [4.78, 5) is 11.5. The van der Waals surface area contributed by atoms with Gasteiger partial charge in [-0.05, 0) is 17.2 Å². The van der Waals surface area contributed by atoms with Crippen molar-refractivity contribution in [1.82, 2.24) is 0 Å². The fourth-order valence-electron chi connectivity index (χ4n) is 2.44. The molecule has 3 rings (SSSR count). The highest BCUT2D eigenvalue weighted by Crippen LogP contribution is 2.33. The van der Waals surface area contributed by atoms with E-state index in [2.05, 4.69) is 0 Å². The van der Waals surface area contributed by atoms with Crippen molar-refractivity contribution in [2.45, 2.75) is 6.61 Å². The minimum Gasteiger partial charge on any atom is -0.487 e. The first-order valence-corrected chi connectivity index (χ1v) is 7.34. The molecule has 0 aliphatic rings. The zero-order chi connectivity index (χ0) is 16.1. The van der Waals surface area contributed by atoms with Crippen molar-refractivity contribution in [1.29, 1.82) is 0 Å². The number of para-hydroxylation sites is 1. The van der Waals surface area contributed by atoms with Crippen molar-refractivity contribution in [2.75, 3.05) is 0 Å². The van der Waals surface area contributed by atoms with Crippen molar-refractivity contribution < 1.29 is 14.6 Å².